The van der Waals surface area contributed by atoms with Gasteiger partial charge in [-0.3, -0.25) is 0 Å². The third-order valence-corrected chi connectivity index (χ3v) is 4.66. The Morgan fingerprint density at radius 2 is 2.05 bits per heavy atom. The minimum Gasteiger partial charge on any atom is -0.399 e. The van der Waals surface area contributed by atoms with E-state index in [0.717, 1.165) is 31.2 Å². The highest BCUT2D eigenvalue weighted by Crippen LogP contribution is 2.34. The third-order valence-electron chi connectivity index (χ3n) is 2.78. The molecule has 1 heterocycles. The van der Waals surface area contributed by atoms with Gasteiger partial charge in [-0.1, -0.05) is 17.8 Å². The van der Waals surface area contributed by atoms with Crippen LogP contribution >= 0.6 is 27.7 Å². The van der Waals surface area contributed by atoms with Gasteiger partial charge in [0.05, 0.1) is 11.0 Å². The molecule has 5 heteroatoms. The molecule has 96 valence electrons. The molecule has 0 aliphatic heterocycles. The number of aryl methyl sites for hydroxylation is 1. The lowest BCUT2D eigenvalue weighted by molar-refractivity contribution is 1.08. The van der Waals surface area contributed by atoms with Crippen LogP contribution in [0.3, 0.4) is 0 Å². The van der Waals surface area contributed by atoms with Gasteiger partial charge in [0, 0.05) is 15.1 Å². The maximum atomic E-state index is 5.74. The van der Waals surface area contributed by atoms with Crippen LogP contribution in [-0.2, 0) is 0 Å². The molecule has 2 aromatic carbocycles. The maximum Gasteiger partial charge on any atom is 0.171 e. The molecule has 0 saturated heterocycles. The lowest BCUT2D eigenvalue weighted by Gasteiger charge is -2.02. The number of imidazole rings is 1. The number of nitrogens with one attached hydrogen (secondary N) is 1. The molecule has 0 unspecified atom stereocenters. The number of nitrogens with zero attached hydrogens (tertiary/aromatic N) is 1. The van der Waals surface area contributed by atoms with Crippen molar-refractivity contribution in [1.29, 1.82) is 0 Å². The van der Waals surface area contributed by atoms with Crippen molar-refractivity contribution >= 4 is 44.4 Å². The predicted molar refractivity (Wildman–Crippen MR) is 83.5 cm³/mol. The number of hydrogen-bond donors (Lipinski definition) is 2. The van der Waals surface area contributed by atoms with Gasteiger partial charge < -0.3 is 10.7 Å². The van der Waals surface area contributed by atoms with Crippen molar-refractivity contribution in [1.82, 2.24) is 9.97 Å². The van der Waals surface area contributed by atoms with Gasteiger partial charge in [-0.15, -0.1) is 0 Å². The number of benzene rings is 2. The highest BCUT2D eigenvalue weighted by molar-refractivity contribution is 9.10. The van der Waals surface area contributed by atoms with Crippen molar-refractivity contribution in [2.24, 2.45) is 0 Å². The fourth-order valence-corrected chi connectivity index (χ4v) is 3.30. The van der Waals surface area contributed by atoms with E-state index in [4.69, 9.17) is 5.73 Å². The van der Waals surface area contributed by atoms with E-state index in [1.807, 2.05) is 24.3 Å². The van der Waals surface area contributed by atoms with Gasteiger partial charge in [-0.25, -0.2) is 4.98 Å². The smallest absolute Gasteiger partial charge is 0.171 e. The van der Waals surface area contributed by atoms with Crippen LogP contribution in [0.1, 0.15) is 5.56 Å². The van der Waals surface area contributed by atoms with Crippen LogP contribution in [0, 0.1) is 6.92 Å². The molecule has 3 aromatic rings. The Bertz CT molecular complexity index is 752. The second-order valence-corrected chi connectivity index (χ2v) is 6.24. The van der Waals surface area contributed by atoms with Gasteiger partial charge in [0.15, 0.2) is 5.16 Å². The summed E-state index contributed by atoms with van der Waals surface area (Å²) < 4.78 is 0.981. The van der Waals surface area contributed by atoms with E-state index in [1.165, 1.54) is 5.56 Å². The molecule has 0 amide bonds. The zero-order chi connectivity index (χ0) is 13.4. The molecule has 0 saturated carbocycles. The lowest BCUT2D eigenvalue weighted by atomic mass is 10.2. The lowest BCUT2D eigenvalue weighted by Crippen LogP contribution is -1.85. The number of aromatic amines is 1. The highest BCUT2D eigenvalue weighted by atomic mass is 79.9. The van der Waals surface area contributed by atoms with Crippen molar-refractivity contribution in [2.75, 3.05) is 5.73 Å². The second-order valence-electron chi connectivity index (χ2n) is 4.35. The monoisotopic (exact) mass is 333 g/mol. The molecule has 0 atom stereocenters. The first-order valence-electron chi connectivity index (χ1n) is 5.81. The van der Waals surface area contributed by atoms with Gasteiger partial charge in [0.25, 0.3) is 0 Å². The van der Waals surface area contributed by atoms with Crippen LogP contribution in [0.15, 0.2) is 50.9 Å². The molecule has 0 aliphatic carbocycles. The average molecular weight is 334 g/mol. The van der Waals surface area contributed by atoms with Crippen molar-refractivity contribution in [2.45, 2.75) is 17.0 Å². The highest BCUT2D eigenvalue weighted by Gasteiger charge is 2.07. The van der Waals surface area contributed by atoms with Crippen LogP contribution < -0.4 is 5.73 Å². The summed E-state index contributed by atoms with van der Waals surface area (Å²) in [5, 5.41) is 0.881. The quantitative estimate of drug-likeness (QED) is 0.685. The molecule has 0 aliphatic rings. The zero-order valence-electron chi connectivity index (χ0n) is 10.3. The van der Waals surface area contributed by atoms with Gasteiger partial charge in [0.1, 0.15) is 0 Å². The van der Waals surface area contributed by atoms with Crippen LogP contribution in [-0.4, -0.2) is 9.97 Å². The van der Waals surface area contributed by atoms with Gasteiger partial charge in [-0.2, -0.15) is 0 Å². The number of halogens is 1. The number of H-pyrrole nitrogens is 1. The summed E-state index contributed by atoms with van der Waals surface area (Å²) in [4.78, 5) is 8.98. The van der Waals surface area contributed by atoms with Crippen molar-refractivity contribution in [3.8, 4) is 0 Å². The van der Waals surface area contributed by atoms with Crippen LogP contribution in [0.4, 0.5) is 5.69 Å². The van der Waals surface area contributed by atoms with Crippen molar-refractivity contribution < 1.29 is 0 Å². The molecule has 3 N–H and O–H groups in total. The summed E-state index contributed by atoms with van der Waals surface area (Å²) in [5.41, 5.74) is 9.76. The standard InChI is InChI=1S/C14H12BrN3S/c1-8-2-4-11-12(6-8)18-14(17-11)19-13-5-3-9(16)7-10(13)15/h2-7H,16H2,1H3,(H,17,18). The van der Waals surface area contributed by atoms with E-state index in [0.29, 0.717) is 0 Å². The minimum absolute atomic E-state index is 0.747. The first-order valence-corrected chi connectivity index (χ1v) is 7.42. The number of anilines is 1. The molecule has 0 fully saturated rings. The SMILES string of the molecule is Cc1ccc2nc(Sc3ccc(N)cc3Br)[nH]c2c1. The van der Waals surface area contributed by atoms with Crippen LogP contribution in [0.5, 0.6) is 0 Å². The van der Waals surface area contributed by atoms with E-state index >= 15 is 0 Å². The Morgan fingerprint density at radius 1 is 1.21 bits per heavy atom. The number of nitrogens with two attached hydrogens (primary N) is 1. The summed E-state index contributed by atoms with van der Waals surface area (Å²) in [7, 11) is 0. The van der Waals surface area contributed by atoms with E-state index in [1.54, 1.807) is 11.8 Å². The van der Waals surface area contributed by atoms with E-state index < -0.39 is 0 Å². The predicted octanol–water partition coefficient (Wildman–Crippen LogP) is 4.37. The molecule has 1 aromatic heterocycles. The Kier molecular flexibility index (Phi) is 3.24. The first-order chi connectivity index (χ1) is 9.11. The Balaban J connectivity index is 1.96. The Labute approximate surface area is 123 Å². The summed E-state index contributed by atoms with van der Waals surface area (Å²) in [6.45, 7) is 2.07. The summed E-state index contributed by atoms with van der Waals surface area (Å²) in [6, 6.07) is 12.0. The minimum atomic E-state index is 0.747. The molecule has 0 spiro atoms. The molecule has 0 bridgehead atoms. The molecule has 0 radical (unpaired) electrons. The second kappa shape index (κ2) is 4.90. The fraction of sp³-hybridized carbons (Fsp3) is 0.0714. The number of hydrogen-bond acceptors (Lipinski definition) is 3. The summed E-state index contributed by atoms with van der Waals surface area (Å²) in [6.07, 6.45) is 0. The molecule has 3 rings (SSSR count). The van der Waals surface area contributed by atoms with Crippen molar-refractivity contribution in [3.63, 3.8) is 0 Å². The van der Waals surface area contributed by atoms with Gasteiger partial charge in [-0.05, 0) is 58.7 Å². The fourth-order valence-electron chi connectivity index (χ4n) is 1.85. The number of aromatic nitrogens is 2. The van der Waals surface area contributed by atoms with E-state index in [9.17, 15) is 0 Å². The maximum absolute atomic E-state index is 5.74. The normalized spacial score (nSPS) is 11.1. The van der Waals surface area contributed by atoms with Gasteiger partial charge in [0.2, 0.25) is 0 Å². The topological polar surface area (TPSA) is 54.7 Å². The van der Waals surface area contributed by atoms with E-state index in [-0.39, 0.29) is 0 Å². The zero-order valence-corrected chi connectivity index (χ0v) is 12.7. The summed E-state index contributed by atoms with van der Waals surface area (Å²) >= 11 is 5.10. The Morgan fingerprint density at radius 3 is 2.84 bits per heavy atom. The largest absolute Gasteiger partial charge is 0.399 e. The van der Waals surface area contributed by atoms with Crippen LogP contribution in [0.2, 0.25) is 0 Å². The Hall–Kier alpha value is -1.46. The molecule has 3 nitrogen and oxygen atoms in total. The third kappa shape index (κ3) is 2.62. The average Bonchev–Trinajstić information content (AvgIpc) is 2.74. The number of nitrogen functional groups attached to an aromatic ring is 1. The first kappa shape index (κ1) is 12.6. The summed E-state index contributed by atoms with van der Waals surface area (Å²) in [5.74, 6) is 0. The molecular formula is C14H12BrN3S. The van der Waals surface area contributed by atoms with Crippen molar-refractivity contribution in [3.05, 3.63) is 46.4 Å². The number of rotatable bonds is 2. The van der Waals surface area contributed by atoms with Crippen LogP contribution in [0.25, 0.3) is 11.0 Å². The number of fused-ring (bicyclic) bond motifs is 1. The van der Waals surface area contributed by atoms with Gasteiger partial charge >= 0.3 is 0 Å². The molecule has 19 heavy (non-hydrogen) atoms. The molecular weight excluding hydrogens is 322 g/mol. The van der Waals surface area contributed by atoms with E-state index in [2.05, 4.69) is 45.0 Å².